The largest absolute Gasteiger partial charge is 0.492 e. The number of carbonyl (C=O) groups excluding carboxylic acids is 2. The maximum absolute atomic E-state index is 12.7. The third-order valence-corrected chi connectivity index (χ3v) is 4.88. The van der Waals surface area contributed by atoms with Crippen LogP contribution in [0.5, 0.6) is 5.75 Å². The topological polar surface area (TPSA) is 58.6 Å². The van der Waals surface area contributed by atoms with E-state index in [1.807, 2.05) is 38.1 Å². The fourth-order valence-corrected chi connectivity index (χ4v) is 3.26. The Balaban J connectivity index is 1.74. The maximum Gasteiger partial charge on any atom is 0.229 e. The number of hydrogen-bond acceptors (Lipinski definition) is 3. The van der Waals surface area contributed by atoms with E-state index in [9.17, 15) is 9.59 Å². The van der Waals surface area contributed by atoms with Gasteiger partial charge in [-0.05, 0) is 43.7 Å². The molecule has 1 fully saturated rings. The van der Waals surface area contributed by atoms with E-state index in [0.29, 0.717) is 29.6 Å². The van der Waals surface area contributed by atoms with E-state index in [1.165, 1.54) is 0 Å². The zero-order valence-electron chi connectivity index (χ0n) is 14.8. The molecule has 5 nitrogen and oxygen atoms in total. The van der Waals surface area contributed by atoms with Crippen molar-refractivity contribution >= 4 is 34.8 Å². The van der Waals surface area contributed by atoms with Crippen molar-refractivity contribution in [3.63, 3.8) is 0 Å². The highest BCUT2D eigenvalue weighted by atomic mass is 35.5. The molecule has 0 saturated carbocycles. The summed E-state index contributed by atoms with van der Waals surface area (Å²) in [7, 11) is 0. The van der Waals surface area contributed by atoms with E-state index in [2.05, 4.69) is 5.32 Å². The van der Waals surface area contributed by atoms with Gasteiger partial charge in [0.05, 0.1) is 18.2 Å². The highest BCUT2D eigenvalue weighted by Crippen LogP contribution is 2.32. The lowest BCUT2D eigenvalue weighted by atomic mass is 10.1. The summed E-state index contributed by atoms with van der Waals surface area (Å²) in [6.07, 6.45) is 0.175. The molecule has 1 heterocycles. The minimum atomic E-state index is -0.421. The van der Waals surface area contributed by atoms with E-state index in [1.54, 1.807) is 23.1 Å². The second kappa shape index (κ2) is 7.79. The summed E-state index contributed by atoms with van der Waals surface area (Å²) < 4.78 is 5.53. The molecule has 0 aliphatic carbocycles. The summed E-state index contributed by atoms with van der Waals surface area (Å²) in [6.45, 7) is 4.61. The average molecular weight is 373 g/mol. The van der Waals surface area contributed by atoms with Gasteiger partial charge in [0.15, 0.2) is 0 Å². The molecule has 6 heteroatoms. The zero-order valence-corrected chi connectivity index (χ0v) is 15.5. The van der Waals surface area contributed by atoms with Crippen LogP contribution in [-0.4, -0.2) is 25.0 Å². The van der Waals surface area contributed by atoms with Gasteiger partial charge in [0.25, 0.3) is 0 Å². The normalized spacial score (nSPS) is 16.7. The Hall–Kier alpha value is -2.53. The summed E-state index contributed by atoms with van der Waals surface area (Å²) in [6, 6.07) is 12.7. The Labute approximate surface area is 157 Å². The molecular formula is C20H21ClN2O3. The summed E-state index contributed by atoms with van der Waals surface area (Å²) >= 11 is 6.16. The molecule has 1 unspecified atom stereocenters. The first-order chi connectivity index (χ1) is 12.5. The van der Waals surface area contributed by atoms with Crippen molar-refractivity contribution in [2.24, 2.45) is 5.92 Å². The Morgan fingerprint density at radius 1 is 1.27 bits per heavy atom. The molecule has 0 bridgehead atoms. The predicted molar refractivity (Wildman–Crippen MR) is 103 cm³/mol. The molecule has 0 aromatic heterocycles. The maximum atomic E-state index is 12.7. The lowest BCUT2D eigenvalue weighted by Crippen LogP contribution is -2.28. The minimum Gasteiger partial charge on any atom is -0.492 e. The Morgan fingerprint density at radius 2 is 2.04 bits per heavy atom. The summed E-state index contributed by atoms with van der Waals surface area (Å²) in [4.78, 5) is 26.8. The molecule has 2 aromatic carbocycles. The summed E-state index contributed by atoms with van der Waals surface area (Å²) in [5.41, 5.74) is 2.21. The van der Waals surface area contributed by atoms with Gasteiger partial charge in [-0.25, -0.2) is 0 Å². The highest BCUT2D eigenvalue weighted by Gasteiger charge is 2.36. The highest BCUT2D eigenvalue weighted by molar-refractivity contribution is 6.31. The second-order valence-corrected chi connectivity index (χ2v) is 6.61. The standard InChI is InChI=1S/C20H21ClN2O3/c1-3-26-18-10-5-4-8-16(18)22-20(25)14-11-19(24)23(12-14)17-9-6-7-15(21)13(17)2/h4-10,14H,3,11-12H2,1-2H3,(H,22,25). The van der Waals surface area contributed by atoms with E-state index < -0.39 is 5.92 Å². The van der Waals surface area contributed by atoms with Gasteiger partial charge in [0, 0.05) is 23.7 Å². The second-order valence-electron chi connectivity index (χ2n) is 6.21. The minimum absolute atomic E-state index is 0.0754. The van der Waals surface area contributed by atoms with Crippen LogP contribution in [0, 0.1) is 12.8 Å². The monoisotopic (exact) mass is 372 g/mol. The van der Waals surface area contributed by atoms with E-state index in [4.69, 9.17) is 16.3 Å². The van der Waals surface area contributed by atoms with Gasteiger partial charge in [-0.2, -0.15) is 0 Å². The van der Waals surface area contributed by atoms with Crippen LogP contribution >= 0.6 is 11.6 Å². The predicted octanol–water partition coefficient (Wildman–Crippen LogP) is 4.04. The molecule has 0 spiro atoms. The molecule has 26 heavy (non-hydrogen) atoms. The molecule has 1 N–H and O–H groups in total. The van der Waals surface area contributed by atoms with Crippen LogP contribution in [0.4, 0.5) is 11.4 Å². The number of anilines is 2. The van der Waals surface area contributed by atoms with Crippen LogP contribution in [-0.2, 0) is 9.59 Å². The number of hydrogen-bond donors (Lipinski definition) is 1. The SMILES string of the molecule is CCOc1ccccc1NC(=O)C1CC(=O)N(c2cccc(Cl)c2C)C1. The van der Waals surface area contributed by atoms with Gasteiger partial charge in [0.2, 0.25) is 11.8 Å². The zero-order chi connectivity index (χ0) is 18.7. The number of nitrogens with one attached hydrogen (secondary N) is 1. The number of nitrogens with zero attached hydrogens (tertiary/aromatic N) is 1. The first-order valence-corrected chi connectivity index (χ1v) is 8.97. The first kappa shape index (κ1) is 18.3. The fraction of sp³-hybridized carbons (Fsp3) is 0.300. The molecule has 3 rings (SSSR count). The van der Waals surface area contributed by atoms with Crippen molar-refractivity contribution in [1.82, 2.24) is 0 Å². The fourth-order valence-electron chi connectivity index (χ4n) is 3.09. The molecule has 2 aromatic rings. The molecule has 1 atom stereocenters. The molecule has 2 amide bonds. The smallest absolute Gasteiger partial charge is 0.229 e. The van der Waals surface area contributed by atoms with Gasteiger partial charge < -0.3 is 15.0 Å². The Bertz CT molecular complexity index is 838. The van der Waals surface area contributed by atoms with Crippen molar-refractivity contribution < 1.29 is 14.3 Å². The number of rotatable bonds is 5. The molecule has 0 radical (unpaired) electrons. The molecule has 1 aliphatic rings. The summed E-state index contributed by atoms with van der Waals surface area (Å²) in [5.74, 6) is -0.0629. The van der Waals surface area contributed by atoms with Crippen LogP contribution in [0.1, 0.15) is 18.9 Å². The van der Waals surface area contributed by atoms with Crippen LogP contribution < -0.4 is 15.0 Å². The number of amides is 2. The van der Waals surface area contributed by atoms with Gasteiger partial charge in [0.1, 0.15) is 5.75 Å². The quantitative estimate of drug-likeness (QED) is 0.861. The Kier molecular flexibility index (Phi) is 5.47. The molecule has 136 valence electrons. The van der Waals surface area contributed by atoms with Crippen molar-refractivity contribution in [3.05, 3.63) is 53.1 Å². The third-order valence-electron chi connectivity index (χ3n) is 4.47. The molecular weight excluding hydrogens is 352 g/mol. The number of carbonyl (C=O) groups is 2. The van der Waals surface area contributed by atoms with Crippen molar-refractivity contribution in [1.29, 1.82) is 0 Å². The first-order valence-electron chi connectivity index (χ1n) is 8.59. The number of ether oxygens (including phenoxy) is 1. The molecule has 1 saturated heterocycles. The van der Waals surface area contributed by atoms with Gasteiger partial charge in [-0.1, -0.05) is 29.8 Å². The van der Waals surface area contributed by atoms with Gasteiger partial charge in [-0.15, -0.1) is 0 Å². The number of benzene rings is 2. The lowest BCUT2D eigenvalue weighted by molar-refractivity contribution is -0.122. The van der Waals surface area contributed by atoms with Crippen LogP contribution in [0.15, 0.2) is 42.5 Å². The van der Waals surface area contributed by atoms with Crippen molar-refractivity contribution in [2.75, 3.05) is 23.4 Å². The third kappa shape index (κ3) is 3.68. The average Bonchev–Trinajstić information content (AvgIpc) is 3.01. The van der Waals surface area contributed by atoms with Crippen LogP contribution in [0.25, 0.3) is 0 Å². The van der Waals surface area contributed by atoms with E-state index >= 15 is 0 Å². The summed E-state index contributed by atoms with van der Waals surface area (Å²) in [5, 5.41) is 3.49. The van der Waals surface area contributed by atoms with Crippen molar-refractivity contribution in [2.45, 2.75) is 20.3 Å². The van der Waals surface area contributed by atoms with E-state index in [0.717, 1.165) is 11.3 Å². The van der Waals surface area contributed by atoms with Crippen LogP contribution in [0.3, 0.4) is 0 Å². The van der Waals surface area contributed by atoms with E-state index in [-0.39, 0.29) is 18.2 Å². The van der Waals surface area contributed by atoms with Gasteiger partial charge >= 0.3 is 0 Å². The number of halogens is 1. The molecule has 1 aliphatic heterocycles. The number of para-hydroxylation sites is 2. The Morgan fingerprint density at radius 3 is 2.81 bits per heavy atom. The lowest BCUT2D eigenvalue weighted by Gasteiger charge is -2.20. The van der Waals surface area contributed by atoms with Crippen molar-refractivity contribution in [3.8, 4) is 5.75 Å². The van der Waals surface area contributed by atoms with Gasteiger partial charge in [-0.3, -0.25) is 9.59 Å². The van der Waals surface area contributed by atoms with Crippen LogP contribution in [0.2, 0.25) is 5.02 Å².